The lowest BCUT2D eigenvalue weighted by molar-refractivity contribution is -0.125. The first kappa shape index (κ1) is 18.1. The number of nitrogens with zero attached hydrogens (tertiary/aromatic N) is 5. The van der Waals surface area contributed by atoms with E-state index in [4.69, 9.17) is 11.6 Å². The largest absolute Gasteiger partial charge is 0.351 e. The maximum absolute atomic E-state index is 12.9. The molecular weight excluding hydrogens is 384 g/mol. The van der Waals surface area contributed by atoms with Gasteiger partial charge in [-0.1, -0.05) is 29.8 Å². The van der Waals surface area contributed by atoms with E-state index in [-0.39, 0.29) is 18.0 Å². The molecule has 0 radical (unpaired) electrons. The summed E-state index contributed by atoms with van der Waals surface area (Å²) in [4.78, 5) is 15.1. The van der Waals surface area contributed by atoms with Crippen LogP contribution in [-0.4, -0.2) is 43.6 Å². The van der Waals surface area contributed by atoms with Crippen LogP contribution in [0.2, 0.25) is 5.02 Å². The van der Waals surface area contributed by atoms with Crippen molar-refractivity contribution in [2.24, 2.45) is 0 Å². The van der Waals surface area contributed by atoms with Gasteiger partial charge in [0.2, 0.25) is 5.91 Å². The Morgan fingerprint density at radius 3 is 2.96 bits per heavy atom. The third kappa shape index (κ3) is 4.18. The average Bonchev–Trinajstić information content (AvgIpc) is 3.42. The van der Waals surface area contributed by atoms with Crippen molar-refractivity contribution in [2.45, 2.75) is 31.6 Å². The fraction of sp³-hybridized carbons (Fsp3) is 0.333. The van der Waals surface area contributed by atoms with Crippen LogP contribution in [0.25, 0.3) is 0 Å². The summed E-state index contributed by atoms with van der Waals surface area (Å²) < 4.78 is 1.74. The lowest BCUT2D eigenvalue weighted by Crippen LogP contribution is -2.42. The number of benzene rings is 1. The van der Waals surface area contributed by atoms with E-state index in [2.05, 4.69) is 42.6 Å². The van der Waals surface area contributed by atoms with Crippen molar-refractivity contribution in [3.05, 3.63) is 63.6 Å². The van der Waals surface area contributed by atoms with Gasteiger partial charge in [0.05, 0.1) is 12.1 Å². The number of carbonyl (C=O) groups excluding carboxylic acids is 1. The van der Waals surface area contributed by atoms with Gasteiger partial charge in [-0.2, -0.15) is 11.3 Å². The number of hydrogen-bond acceptors (Lipinski definition) is 6. The Balaban J connectivity index is 1.46. The number of amides is 1. The van der Waals surface area contributed by atoms with Crippen LogP contribution in [-0.2, 0) is 17.9 Å². The summed E-state index contributed by atoms with van der Waals surface area (Å²) in [6, 6.07) is 9.48. The van der Waals surface area contributed by atoms with Gasteiger partial charge in [0.25, 0.3) is 0 Å². The van der Waals surface area contributed by atoms with Crippen LogP contribution >= 0.6 is 22.9 Å². The summed E-state index contributed by atoms with van der Waals surface area (Å²) in [5.74, 6) is 0.000670. The van der Waals surface area contributed by atoms with Crippen molar-refractivity contribution in [3.63, 3.8) is 0 Å². The van der Waals surface area contributed by atoms with Crippen LogP contribution in [0.3, 0.4) is 0 Å². The van der Waals surface area contributed by atoms with Gasteiger partial charge >= 0.3 is 0 Å². The third-order valence-electron chi connectivity index (χ3n) is 4.80. The van der Waals surface area contributed by atoms with E-state index in [0.29, 0.717) is 18.0 Å². The van der Waals surface area contributed by atoms with Crippen LogP contribution in [0.1, 0.15) is 23.6 Å². The van der Waals surface area contributed by atoms with Gasteiger partial charge in [-0.25, -0.2) is 4.68 Å². The van der Waals surface area contributed by atoms with E-state index >= 15 is 0 Å². The number of nitrogens with one attached hydrogen (secondary N) is 1. The van der Waals surface area contributed by atoms with Gasteiger partial charge in [0.1, 0.15) is 6.33 Å². The van der Waals surface area contributed by atoms with Crippen molar-refractivity contribution < 1.29 is 4.79 Å². The summed E-state index contributed by atoms with van der Waals surface area (Å²) >= 11 is 7.86. The highest BCUT2D eigenvalue weighted by Gasteiger charge is 2.38. The summed E-state index contributed by atoms with van der Waals surface area (Å²) in [5, 5.41) is 19.3. The second-order valence-corrected chi connectivity index (χ2v) is 7.75. The van der Waals surface area contributed by atoms with E-state index in [0.717, 1.165) is 18.7 Å². The van der Waals surface area contributed by atoms with E-state index in [1.165, 1.54) is 5.56 Å². The van der Waals surface area contributed by atoms with Crippen LogP contribution < -0.4 is 5.32 Å². The zero-order valence-electron chi connectivity index (χ0n) is 14.5. The van der Waals surface area contributed by atoms with Gasteiger partial charge < -0.3 is 5.32 Å². The van der Waals surface area contributed by atoms with Crippen LogP contribution in [0, 0.1) is 0 Å². The average molecular weight is 403 g/mol. The fourth-order valence-corrected chi connectivity index (χ4v) is 4.28. The molecule has 1 saturated heterocycles. The predicted octanol–water partition coefficient (Wildman–Crippen LogP) is 2.52. The van der Waals surface area contributed by atoms with E-state index in [1.807, 2.05) is 24.3 Å². The van der Waals surface area contributed by atoms with Crippen LogP contribution in [0.5, 0.6) is 0 Å². The van der Waals surface area contributed by atoms with Gasteiger partial charge in [0.15, 0.2) is 0 Å². The van der Waals surface area contributed by atoms with Crippen molar-refractivity contribution >= 4 is 28.8 Å². The molecule has 0 bridgehead atoms. The molecule has 1 aliphatic rings. The van der Waals surface area contributed by atoms with E-state index in [1.54, 1.807) is 22.3 Å². The normalized spacial score (nSPS) is 20.0. The topological polar surface area (TPSA) is 75.9 Å². The molecule has 0 aliphatic carbocycles. The molecule has 140 valence electrons. The molecule has 9 heteroatoms. The minimum Gasteiger partial charge on any atom is -0.351 e. The molecule has 1 N–H and O–H groups in total. The second-order valence-electron chi connectivity index (χ2n) is 6.57. The first-order valence-corrected chi connectivity index (χ1v) is 10.0. The minimum absolute atomic E-state index is 0.000670. The Labute approximate surface area is 165 Å². The molecule has 1 aliphatic heterocycles. The fourth-order valence-electron chi connectivity index (χ4n) is 3.41. The number of hydrogen-bond donors (Lipinski definition) is 1. The molecule has 1 aromatic carbocycles. The van der Waals surface area contributed by atoms with Gasteiger partial charge in [0, 0.05) is 24.7 Å². The Kier molecular flexibility index (Phi) is 5.47. The zero-order valence-corrected chi connectivity index (χ0v) is 16.1. The van der Waals surface area contributed by atoms with Crippen molar-refractivity contribution in [1.82, 2.24) is 30.4 Å². The Hall–Kier alpha value is -2.29. The molecule has 2 aromatic heterocycles. The number of carbonyl (C=O) groups is 1. The Bertz CT molecular complexity index is 885. The highest BCUT2D eigenvalue weighted by atomic mass is 35.5. The quantitative estimate of drug-likeness (QED) is 0.685. The number of tetrazole rings is 1. The van der Waals surface area contributed by atoms with Crippen molar-refractivity contribution in [2.75, 3.05) is 6.54 Å². The number of aromatic nitrogens is 4. The summed E-state index contributed by atoms with van der Waals surface area (Å²) in [7, 11) is 0. The maximum Gasteiger partial charge on any atom is 0.237 e. The molecule has 1 fully saturated rings. The third-order valence-corrected chi connectivity index (χ3v) is 5.90. The number of likely N-dealkylation sites (tertiary alicyclic amines) is 1. The summed E-state index contributed by atoms with van der Waals surface area (Å²) in [5.41, 5.74) is 2.12. The number of thiophene rings is 1. The molecule has 2 atom stereocenters. The smallest absolute Gasteiger partial charge is 0.237 e. The molecule has 4 rings (SSSR count). The molecule has 0 unspecified atom stereocenters. The molecular formula is C18H19ClN6OS. The number of halogens is 1. The van der Waals surface area contributed by atoms with Gasteiger partial charge in [-0.05, 0) is 50.9 Å². The van der Waals surface area contributed by atoms with Crippen molar-refractivity contribution in [1.29, 1.82) is 0 Å². The zero-order chi connectivity index (χ0) is 18.6. The first-order chi connectivity index (χ1) is 13.2. The molecule has 7 nitrogen and oxygen atoms in total. The molecule has 1 amide bonds. The standard InChI is InChI=1S/C18H19ClN6OS/c19-16-4-2-1-3-14(16)8-20-18(26)17-7-15(25-12-21-22-23-25)10-24(17)9-13-5-6-27-11-13/h1-6,11-12,15,17H,7-10H2,(H,20,26)/t15-,17+/m1/s1. The van der Waals surface area contributed by atoms with Gasteiger partial charge in [-0.3, -0.25) is 9.69 Å². The first-order valence-electron chi connectivity index (χ1n) is 8.69. The predicted molar refractivity (Wildman–Crippen MR) is 103 cm³/mol. The molecule has 3 aromatic rings. The summed E-state index contributed by atoms with van der Waals surface area (Å²) in [6.45, 7) is 1.87. The second kappa shape index (κ2) is 8.16. The lowest BCUT2D eigenvalue weighted by Gasteiger charge is -2.23. The highest BCUT2D eigenvalue weighted by Crippen LogP contribution is 2.29. The Morgan fingerprint density at radius 2 is 2.22 bits per heavy atom. The monoisotopic (exact) mass is 402 g/mol. The van der Waals surface area contributed by atoms with Crippen LogP contribution in [0.4, 0.5) is 0 Å². The summed E-state index contributed by atoms with van der Waals surface area (Å²) in [6.07, 6.45) is 2.28. The molecule has 0 saturated carbocycles. The Morgan fingerprint density at radius 1 is 1.33 bits per heavy atom. The molecule has 0 spiro atoms. The molecule has 27 heavy (non-hydrogen) atoms. The lowest BCUT2D eigenvalue weighted by atomic mass is 10.1. The van der Waals surface area contributed by atoms with Gasteiger partial charge in [-0.15, -0.1) is 5.10 Å². The highest BCUT2D eigenvalue weighted by molar-refractivity contribution is 7.07. The van der Waals surface area contributed by atoms with E-state index < -0.39 is 0 Å². The maximum atomic E-state index is 12.9. The van der Waals surface area contributed by atoms with E-state index in [9.17, 15) is 4.79 Å². The number of rotatable bonds is 6. The minimum atomic E-state index is -0.235. The molecule has 3 heterocycles. The van der Waals surface area contributed by atoms with Crippen LogP contribution in [0.15, 0.2) is 47.4 Å². The SMILES string of the molecule is O=C(NCc1ccccc1Cl)[C@@H]1C[C@@H](n2cnnn2)CN1Cc1ccsc1. The van der Waals surface area contributed by atoms with Crippen molar-refractivity contribution in [3.8, 4) is 0 Å².